The predicted octanol–water partition coefficient (Wildman–Crippen LogP) is 2.44. The van der Waals surface area contributed by atoms with Crippen LogP contribution in [-0.4, -0.2) is 35.0 Å². The van der Waals surface area contributed by atoms with Crippen LogP contribution in [0.4, 0.5) is 16.2 Å². The lowest BCUT2D eigenvalue weighted by molar-refractivity contribution is -0.131. The van der Waals surface area contributed by atoms with Gasteiger partial charge >= 0.3 is 6.03 Å². The zero-order chi connectivity index (χ0) is 16.5. The van der Waals surface area contributed by atoms with Gasteiger partial charge in [0.1, 0.15) is 0 Å². The first kappa shape index (κ1) is 16.4. The summed E-state index contributed by atoms with van der Waals surface area (Å²) in [6, 6.07) is 4.26. The highest BCUT2D eigenvalue weighted by Crippen LogP contribution is 2.24. The van der Waals surface area contributed by atoms with Crippen LogP contribution in [0.5, 0.6) is 0 Å². The summed E-state index contributed by atoms with van der Waals surface area (Å²) in [4.78, 5) is 25.8. The Hall–Kier alpha value is -1.95. The van der Waals surface area contributed by atoms with Gasteiger partial charge in [0.05, 0.1) is 16.8 Å². The highest BCUT2D eigenvalue weighted by atomic mass is 35.5. The molecular formula is C15H21ClN4O2. The zero-order valence-corrected chi connectivity index (χ0v) is 13.7. The van der Waals surface area contributed by atoms with Gasteiger partial charge in [-0.05, 0) is 39.0 Å². The number of halogens is 1. The van der Waals surface area contributed by atoms with Crippen molar-refractivity contribution < 1.29 is 9.59 Å². The summed E-state index contributed by atoms with van der Waals surface area (Å²) in [7, 11) is 0. The number of nitrogens with zero attached hydrogens (tertiary/aromatic N) is 1. The molecule has 1 aromatic carbocycles. The molecule has 1 aromatic rings. The number of carbonyl (C=O) groups excluding carboxylic acids is 2. The second-order valence-electron chi connectivity index (χ2n) is 6.41. The molecule has 0 aliphatic carbocycles. The van der Waals surface area contributed by atoms with Gasteiger partial charge < -0.3 is 21.3 Å². The van der Waals surface area contributed by atoms with Crippen LogP contribution in [0.3, 0.4) is 0 Å². The Morgan fingerprint density at radius 3 is 2.64 bits per heavy atom. The van der Waals surface area contributed by atoms with Crippen LogP contribution in [0.1, 0.15) is 27.2 Å². The third-order valence-electron chi connectivity index (χ3n) is 3.51. The Bertz CT molecular complexity index is 598. The van der Waals surface area contributed by atoms with Crippen molar-refractivity contribution in [2.75, 3.05) is 17.6 Å². The van der Waals surface area contributed by atoms with Crippen molar-refractivity contribution in [1.82, 2.24) is 10.2 Å². The summed E-state index contributed by atoms with van der Waals surface area (Å²) in [5.74, 6) is 0.0447. The number of hydrogen-bond acceptors (Lipinski definition) is 3. The van der Waals surface area contributed by atoms with E-state index in [1.54, 1.807) is 23.1 Å². The van der Waals surface area contributed by atoms with Gasteiger partial charge in [-0.3, -0.25) is 4.79 Å². The predicted molar refractivity (Wildman–Crippen MR) is 87.9 cm³/mol. The molecule has 120 valence electrons. The van der Waals surface area contributed by atoms with E-state index in [1.165, 1.54) is 0 Å². The fourth-order valence-corrected chi connectivity index (χ4v) is 2.67. The van der Waals surface area contributed by atoms with Gasteiger partial charge in [-0.1, -0.05) is 11.6 Å². The first-order valence-electron chi connectivity index (χ1n) is 7.10. The summed E-state index contributed by atoms with van der Waals surface area (Å²) in [6.45, 7) is 6.43. The highest BCUT2D eigenvalue weighted by Gasteiger charge is 2.36. The van der Waals surface area contributed by atoms with E-state index in [-0.39, 0.29) is 23.5 Å². The number of amides is 3. The lowest BCUT2D eigenvalue weighted by Crippen LogP contribution is -2.45. The summed E-state index contributed by atoms with van der Waals surface area (Å²) in [5.41, 5.74) is 6.36. The Balaban J connectivity index is 1.94. The number of rotatable bonds is 2. The van der Waals surface area contributed by atoms with Crippen molar-refractivity contribution in [2.45, 2.75) is 38.8 Å². The molecule has 0 spiro atoms. The van der Waals surface area contributed by atoms with Crippen LogP contribution in [0.2, 0.25) is 5.02 Å². The van der Waals surface area contributed by atoms with E-state index in [9.17, 15) is 9.59 Å². The fraction of sp³-hybridized carbons (Fsp3) is 0.467. The number of likely N-dealkylation sites (tertiary alicyclic amines) is 1. The minimum Gasteiger partial charge on any atom is -0.399 e. The van der Waals surface area contributed by atoms with Crippen molar-refractivity contribution in [3.63, 3.8) is 0 Å². The topological polar surface area (TPSA) is 87.5 Å². The molecule has 0 bridgehead atoms. The van der Waals surface area contributed by atoms with E-state index in [0.717, 1.165) is 0 Å². The molecule has 1 saturated heterocycles. The molecule has 0 aromatic heterocycles. The van der Waals surface area contributed by atoms with Gasteiger partial charge in [0, 0.05) is 24.2 Å². The van der Waals surface area contributed by atoms with Crippen molar-refractivity contribution in [2.24, 2.45) is 0 Å². The number of nitrogens with one attached hydrogen (secondary N) is 2. The standard InChI is InChI=1S/C15H21ClN4O2/c1-15(2,3)20-8-10(7-13(20)21)18-14(22)19-12-5-4-9(17)6-11(12)16/h4-6,10H,7-8,17H2,1-3H3,(H2,18,19,22). The largest absolute Gasteiger partial charge is 0.399 e. The second kappa shape index (κ2) is 6.04. The molecule has 1 unspecified atom stereocenters. The minimum absolute atomic E-state index is 0.0447. The normalized spacial score (nSPS) is 18.5. The van der Waals surface area contributed by atoms with Crippen LogP contribution >= 0.6 is 11.6 Å². The fourth-order valence-electron chi connectivity index (χ4n) is 2.43. The molecule has 4 N–H and O–H groups in total. The Morgan fingerprint density at radius 1 is 1.41 bits per heavy atom. The van der Waals surface area contributed by atoms with Crippen LogP contribution in [-0.2, 0) is 4.79 Å². The monoisotopic (exact) mass is 324 g/mol. The third kappa shape index (κ3) is 3.82. The number of urea groups is 1. The van der Waals surface area contributed by atoms with Crippen molar-refractivity contribution in [3.05, 3.63) is 23.2 Å². The molecule has 1 fully saturated rings. The average Bonchev–Trinajstić information content (AvgIpc) is 2.73. The molecule has 0 saturated carbocycles. The third-order valence-corrected chi connectivity index (χ3v) is 3.82. The zero-order valence-electron chi connectivity index (χ0n) is 12.9. The first-order valence-corrected chi connectivity index (χ1v) is 7.47. The van der Waals surface area contributed by atoms with Crippen molar-refractivity contribution in [3.8, 4) is 0 Å². The Labute approximate surface area is 135 Å². The molecule has 0 radical (unpaired) electrons. The van der Waals surface area contributed by atoms with Gasteiger partial charge in [-0.15, -0.1) is 0 Å². The van der Waals surface area contributed by atoms with Crippen LogP contribution in [0.15, 0.2) is 18.2 Å². The highest BCUT2D eigenvalue weighted by molar-refractivity contribution is 6.34. The van der Waals surface area contributed by atoms with Gasteiger partial charge in [-0.25, -0.2) is 4.79 Å². The summed E-state index contributed by atoms with van der Waals surface area (Å²) in [6.07, 6.45) is 0.306. The number of nitrogen functional groups attached to an aromatic ring is 1. The molecular weight excluding hydrogens is 304 g/mol. The lowest BCUT2D eigenvalue weighted by Gasteiger charge is -2.32. The molecule has 1 atom stereocenters. The Morgan fingerprint density at radius 2 is 2.09 bits per heavy atom. The van der Waals surface area contributed by atoms with E-state index >= 15 is 0 Å². The van der Waals surface area contributed by atoms with Crippen molar-refractivity contribution >= 4 is 34.9 Å². The van der Waals surface area contributed by atoms with Crippen molar-refractivity contribution in [1.29, 1.82) is 0 Å². The molecule has 2 rings (SSSR count). The lowest BCUT2D eigenvalue weighted by atomic mass is 10.1. The minimum atomic E-state index is -0.389. The summed E-state index contributed by atoms with van der Waals surface area (Å²) in [5, 5.41) is 5.83. The summed E-state index contributed by atoms with van der Waals surface area (Å²) >= 11 is 6.01. The molecule has 3 amide bonds. The van der Waals surface area contributed by atoms with Gasteiger partial charge in [-0.2, -0.15) is 0 Å². The number of hydrogen-bond donors (Lipinski definition) is 3. The number of anilines is 2. The molecule has 22 heavy (non-hydrogen) atoms. The summed E-state index contributed by atoms with van der Waals surface area (Å²) < 4.78 is 0. The smallest absolute Gasteiger partial charge is 0.319 e. The van der Waals surface area contributed by atoms with E-state index in [1.807, 2.05) is 20.8 Å². The van der Waals surface area contributed by atoms with E-state index in [0.29, 0.717) is 29.4 Å². The molecule has 1 heterocycles. The van der Waals surface area contributed by atoms with E-state index < -0.39 is 0 Å². The first-order chi connectivity index (χ1) is 10.2. The molecule has 1 aliphatic heterocycles. The maximum atomic E-state index is 12.0. The number of benzene rings is 1. The van der Waals surface area contributed by atoms with Crippen LogP contribution in [0, 0.1) is 0 Å². The quantitative estimate of drug-likeness (QED) is 0.730. The number of nitrogens with two attached hydrogens (primary N) is 1. The SMILES string of the molecule is CC(C)(C)N1CC(NC(=O)Nc2ccc(N)cc2Cl)CC1=O. The maximum Gasteiger partial charge on any atom is 0.319 e. The van der Waals surface area contributed by atoms with Gasteiger partial charge in [0.2, 0.25) is 5.91 Å². The molecule has 6 nitrogen and oxygen atoms in total. The second-order valence-corrected chi connectivity index (χ2v) is 6.82. The Kier molecular flexibility index (Phi) is 4.51. The van der Waals surface area contributed by atoms with E-state index in [2.05, 4.69) is 10.6 Å². The molecule has 7 heteroatoms. The van der Waals surface area contributed by atoms with Crippen LogP contribution in [0.25, 0.3) is 0 Å². The average molecular weight is 325 g/mol. The van der Waals surface area contributed by atoms with E-state index in [4.69, 9.17) is 17.3 Å². The van der Waals surface area contributed by atoms with Gasteiger partial charge in [0.15, 0.2) is 0 Å². The van der Waals surface area contributed by atoms with Crippen LogP contribution < -0.4 is 16.4 Å². The maximum absolute atomic E-state index is 12.0. The van der Waals surface area contributed by atoms with Gasteiger partial charge in [0.25, 0.3) is 0 Å². The number of carbonyl (C=O) groups is 2. The molecule has 1 aliphatic rings.